The summed E-state index contributed by atoms with van der Waals surface area (Å²) in [6.07, 6.45) is -4.83. The van der Waals surface area contributed by atoms with Gasteiger partial charge >= 0.3 is 6.18 Å². The number of rotatable bonds is 3. The number of allylic oxidation sites excluding steroid dienone is 1. The second-order valence-electron chi connectivity index (χ2n) is 5.71. The molecule has 0 radical (unpaired) electrons. The number of hydrogen-bond acceptors (Lipinski definition) is 3. The molecule has 1 rings (SSSR count). The molecule has 0 saturated heterocycles. The van der Waals surface area contributed by atoms with Crippen molar-refractivity contribution in [2.75, 3.05) is 0 Å². The van der Waals surface area contributed by atoms with E-state index in [-0.39, 0.29) is 24.5 Å². The topological polar surface area (TPSA) is 55.5 Å². The molecule has 114 valence electrons. The van der Waals surface area contributed by atoms with Crippen LogP contribution in [-0.4, -0.2) is 30.4 Å². The van der Waals surface area contributed by atoms with Crippen LogP contribution >= 0.6 is 0 Å². The Morgan fingerprint density at radius 3 is 2.40 bits per heavy atom. The summed E-state index contributed by atoms with van der Waals surface area (Å²) in [7, 11) is 0. The molecule has 0 aromatic carbocycles. The molecule has 1 aliphatic rings. The summed E-state index contributed by atoms with van der Waals surface area (Å²) >= 11 is 0. The van der Waals surface area contributed by atoms with Gasteiger partial charge in [-0.1, -0.05) is 13.8 Å². The van der Waals surface area contributed by atoms with Crippen LogP contribution in [0.4, 0.5) is 17.6 Å². The molecular weight excluding hydrogens is 276 g/mol. The first-order valence-electron chi connectivity index (χ1n) is 6.27. The van der Waals surface area contributed by atoms with Gasteiger partial charge in [-0.2, -0.15) is 13.2 Å². The zero-order chi connectivity index (χ0) is 15.6. The third-order valence-corrected chi connectivity index (χ3v) is 3.43. The lowest BCUT2D eigenvalue weighted by atomic mass is 9.75. The molecule has 2 N–H and O–H groups in total. The predicted molar refractivity (Wildman–Crippen MR) is 68.1 cm³/mol. The van der Waals surface area contributed by atoms with Crippen molar-refractivity contribution >= 4 is 12.0 Å². The highest BCUT2D eigenvalue weighted by molar-refractivity contribution is 6.17. The largest absolute Gasteiger partial charge is 0.433 e. The van der Waals surface area contributed by atoms with Crippen LogP contribution < -0.4 is 5.73 Å². The van der Waals surface area contributed by atoms with Crippen LogP contribution in [0.2, 0.25) is 0 Å². The number of aliphatic imine (C=N–C) groups is 1. The third-order valence-electron chi connectivity index (χ3n) is 3.43. The van der Waals surface area contributed by atoms with Crippen molar-refractivity contribution in [2.45, 2.75) is 51.5 Å². The maximum Gasteiger partial charge on any atom is 0.433 e. The molecule has 1 fully saturated rings. The first-order valence-corrected chi connectivity index (χ1v) is 6.27. The van der Waals surface area contributed by atoms with Crippen molar-refractivity contribution in [3.8, 4) is 0 Å². The Labute approximate surface area is 114 Å². The third kappa shape index (κ3) is 4.05. The van der Waals surface area contributed by atoms with Crippen LogP contribution in [0, 0.1) is 5.41 Å². The summed E-state index contributed by atoms with van der Waals surface area (Å²) < 4.78 is 52.6. The van der Waals surface area contributed by atoms with Gasteiger partial charge in [0.15, 0.2) is 12.0 Å². The van der Waals surface area contributed by atoms with E-state index in [0.29, 0.717) is 12.6 Å². The van der Waals surface area contributed by atoms with Crippen molar-refractivity contribution < 1.29 is 22.4 Å². The minimum Gasteiger partial charge on any atom is -0.404 e. The van der Waals surface area contributed by atoms with Gasteiger partial charge in [0.1, 0.15) is 6.17 Å². The minimum absolute atomic E-state index is 0.0215. The lowest BCUT2D eigenvalue weighted by Gasteiger charge is -2.35. The van der Waals surface area contributed by atoms with Crippen LogP contribution in [0.5, 0.6) is 0 Å². The number of carbonyl (C=O) groups excluding carboxylic acids is 1. The van der Waals surface area contributed by atoms with Gasteiger partial charge in [0, 0.05) is 6.20 Å². The van der Waals surface area contributed by atoms with Gasteiger partial charge in [-0.25, -0.2) is 4.39 Å². The number of hydrogen-bond donors (Lipinski definition) is 1. The molecule has 0 spiro atoms. The lowest BCUT2D eigenvalue weighted by molar-refractivity contribution is -0.105. The molecule has 1 saturated carbocycles. The smallest absolute Gasteiger partial charge is 0.404 e. The van der Waals surface area contributed by atoms with Crippen molar-refractivity contribution in [1.82, 2.24) is 0 Å². The van der Waals surface area contributed by atoms with Gasteiger partial charge in [0.25, 0.3) is 0 Å². The van der Waals surface area contributed by atoms with Crippen LogP contribution in [0.15, 0.2) is 16.8 Å². The van der Waals surface area contributed by atoms with Gasteiger partial charge < -0.3 is 5.73 Å². The molecule has 7 heteroatoms. The van der Waals surface area contributed by atoms with Gasteiger partial charge in [0.2, 0.25) is 0 Å². The summed E-state index contributed by atoms with van der Waals surface area (Å²) in [5.74, 6) is 0. The zero-order valence-electron chi connectivity index (χ0n) is 11.4. The highest BCUT2D eigenvalue weighted by Gasteiger charge is 2.41. The summed E-state index contributed by atoms with van der Waals surface area (Å²) in [6.45, 7) is 3.72. The number of carbonyl (C=O) groups is 1. The van der Waals surface area contributed by atoms with Crippen molar-refractivity contribution in [3.05, 3.63) is 11.8 Å². The van der Waals surface area contributed by atoms with Crippen molar-refractivity contribution in [3.63, 3.8) is 0 Å². The minimum atomic E-state index is -4.83. The molecule has 20 heavy (non-hydrogen) atoms. The fourth-order valence-corrected chi connectivity index (χ4v) is 2.28. The van der Waals surface area contributed by atoms with Crippen LogP contribution in [0.25, 0.3) is 0 Å². The highest BCUT2D eigenvalue weighted by Crippen LogP contribution is 2.38. The second-order valence-corrected chi connectivity index (χ2v) is 5.71. The zero-order valence-corrected chi connectivity index (χ0v) is 11.4. The molecule has 0 aromatic rings. The summed E-state index contributed by atoms with van der Waals surface area (Å²) in [4.78, 5) is 14.1. The number of aldehydes is 1. The average molecular weight is 294 g/mol. The normalized spacial score (nSPS) is 28.3. The van der Waals surface area contributed by atoms with E-state index in [1.54, 1.807) is 0 Å². The van der Waals surface area contributed by atoms with E-state index >= 15 is 0 Å². The molecule has 3 nitrogen and oxygen atoms in total. The molecule has 0 heterocycles. The Kier molecular flexibility index (Phi) is 4.94. The number of halogens is 4. The Bertz CT molecular complexity index is 427. The van der Waals surface area contributed by atoms with Gasteiger partial charge in [0.05, 0.1) is 11.6 Å². The number of alkyl halides is 4. The van der Waals surface area contributed by atoms with Gasteiger partial charge in [-0.3, -0.25) is 9.79 Å². The van der Waals surface area contributed by atoms with Crippen LogP contribution in [-0.2, 0) is 4.79 Å². The molecule has 0 aromatic heterocycles. The highest BCUT2D eigenvalue weighted by atomic mass is 19.4. The first kappa shape index (κ1) is 16.7. The van der Waals surface area contributed by atoms with Gasteiger partial charge in [-0.15, -0.1) is 0 Å². The second kappa shape index (κ2) is 5.93. The quantitative estimate of drug-likeness (QED) is 0.376. The fourth-order valence-electron chi connectivity index (χ4n) is 2.28. The average Bonchev–Trinajstić information content (AvgIpc) is 2.29. The summed E-state index contributed by atoms with van der Waals surface area (Å²) in [5, 5.41) is 0. The summed E-state index contributed by atoms with van der Waals surface area (Å²) in [6, 6.07) is -1.09. The van der Waals surface area contributed by atoms with Crippen LogP contribution in [0.1, 0.15) is 33.1 Å². The standard InChI is InChI=1S/C13H18F4N2O/c1-12(2)4-3-10(9(14)5-12)19-11(13(15,16)17)8(6-18)7-20/h6-7,9-10H,3-5,18H2,1-2H3. The van der Waals surface area contributed by atoms with E-state index in [4.69, 9.17) is 5.73 Å². The lowest BCUT2D eigenvalue weighted by Crippen LogP contribution is -2.36. The van der Waals surface area contributed by atoms with E-state index in [1.807, 2.05) is 13.8 Å². The maximum absolute atomic E-state index is 14.0. The molecule has 2 atom stereocenters. The fraction of sp³-hybridized carbons (Fsp3) is 0.692. The first-order chi connectivity index (χ1) is 9.10. The Balaban J connectivity index is 3.06. The molecule has 0 bridgehead atoms. The molecule has 2 unspecified atom stereocenters. The molecule has 1 aliphatic carbocycles. The van der Waals surface area contributed by atoms with Gasteiger partial charge in [-0.05, 0) is 24.7 Å². The van der Waals surface area contributed by atoms with E-state index in [9.17, 15) is 22.4 Å². The Morgan fingerprint density at radius 2 is 2.00 bits per heavy atom. The number of nitrogens with zero attached hydrogens (tertiary/aromatic N) is 1. The Morgan fingerprint density at radius 1 is 1.40 bits per heavy atom. The monoisotopic (exact) mass is 294 g/mol. The Hall–Kier alpha value is -1.40. The van der Waals surface area contributed by atoms with Crippen molar-refractivity contribution in [1.29, 1.82) is 0 Å². The van der Waals surface area contributed by atoms with E-state index < -0.39 is 29.7 Å². The van der Waals surface area contributed by atoms with E-state index in [2.05, 4.69) is 4.99 Å². The van der Waals surface area contributed by atoms with Crippen molar-refractivity contribution in [2.24, 2.45) is 16.1 Å². The molecule has 0 aliphatic heterocycles. The maximum atomic E-state index is 14.0. The SMILES string of the molecule is CC1(C)CCC(N=C(C(C=O)=CN)C(F)(F)F)C(F)C1. The molecule has 0 amide bonds. The van der Waals surface area contributed by atoms with E-state index in [1.165, 1.54) is 0 Å². The summed E-state index contributed by atoms with van der Waals surface area (Å²) in [5.41, 5.74) is 2.58. The predicted octanol–water partition coefficient (Wildman–Crippen LogP) is 2.95. The molecular formula is C13H18F4N2O. The van der Waals surface area contributed by atoms with Crippen LogP contribution in [0.3, 0.4) is 0 Å². The number of nitrogens with two attached hydrogens (primary N) is 1. The van der Waals surface area contributed by atoms with E-state index in [0.717, 1.165) is 0 Å².